The summed E-state index contributed by atoms with van der Waals surface area (Å²) in [4.78, 5) is 13.4. The normalized spacial score (nSPS) is 16.9. The van der Waals surface area contributed by atoms with Crippen molar-refractivity contribution in [2.75, 3.05) is 26.7 Å². The average molecular weight is 278 g/mol. The quantitative estimate of drug-likeness (QED) is 0.784. The van der Waals surface area contributed by atoms with E-state index >= 15 is 0 Å². The molecule has 0 saturated carbocycles. The summed E-state index contributed by atoms with van der Waals surface area (Å²) in [5, 5.41) is 0. The van der Waals surface area contributed by atoms with Crippen LogP contribution in [0.4, 0.5) is 0 Å². The highest BCUT2D eigenvalue weighted by atomic mass is 16.5. The van der Waals surface area contributed by atoms with Gasteiger partial charge in [0, 0.05) is 12.8 Å². The number of quaternary nitrogens is 1. The Hall–Kier alpha value is -1.55. The van der Waals surface area contributed by atoms with Crippen LogP contribution in [0.25, 0.3) is 0 Å². The van der Waals surface area contributed by atoms with Gasteiger partial charge in [-0.1, -0.05) is 12.1 Å². The zero-order chi connectivity index (χ0) is 14.4. The highest BCUT2D eigenvalue weighted by Gasteiger charge is 2.20. The molecule has 1 saturated heterocycles. The molecule has 2 rings (SSSR count). The molecule has 0 bridgehead atoms. The molecule has 1 aliphatic rings. The van der Waals surface area contributed by atoms with E-state index < -0.39 is 0 Å². The third kappa shape index (κ3) is 4.53. The van der Waals surface area contributed by atoms with Crippen LogP contribution in [0.15, 0.2) is 24.3 Å². The number of hydrogen-bond donors (Lipinski definition) is 1. The van der Waals surface area contributed by atoms with Crippen molar-refractivity contribution in [3.63, 3.8) is 0 Å². The van der Waals surface area contributed by atoms with Crippen molar-refractivity contribution in [2.45, 2.75) is 32.3 Å². The van der Waals surface area contributed by atoms with Crippen LogP contribution in [0.5, 0.6) is 5.75 Å². The topological polar surface area (TPSA) is 40.0 Å². The summed E-state index contributed by atoms with van der Waals surface area (Å²) in [6, 6.07) is 7.52. The average Bonchev–Trinajstić information content (AvgIpc) is 2.92. The summed E-state index contributed by atoms with van der Waals surface area (Å²) >= 11 is 0. The van der Waals surface area contributed by atoms with Crippen molar-refractivity contribution in [2.24, 2.45) is 0 Å². The first kappa shape index (κ1) is 14.9. The van der Waals surface area contributed by atoms with Crippen LogP contribution in [0.3, 0.4) is 0 Å². The standard InChI is InChI=1S/C16H23NO3/c1-13(12-17-9-3-4-10-17)20-16(18)11-14-5-7-15(19-2)8-6-14/h5-8,13H,3-4,9-12H2,1-2H3/p+1. The lowest BCUT2D eigenvalue weighted by molar-refractivity contribution is -0.890. The highest BCUT2D eigenvalue weighted by molar-refractivity contribution is 5.72. The molecule has 1 aliphatic heterocycles. The van der Waals surface area contributed by atoms with E-state index in [0.29, 0.717) is 6.42 Å². The van der Waals surface area contributed by atoms with Gasteiger partial charge in [0.25, 0.3) is 0 Å². The molecule has 4 heteroatoms. The Kier molecular flexibility index (Phi) is 5.41. The minimum atomic E-state index is -0.152. The van der Waals surface area contributed by atoms with E-state index in [4.69, 9.17) is 9.47 Å². The molecule has 1 heterocycles. The van der Waals surface area contributed by atoms with Gasteiger partial charge in [-0.05, 0) is 24.6 Å². The Morgan fingerprint density at radius 2 is 1.90 bits per heavy atom. The summed E-state index contributed by atoms with van der Waals surface area (Å²) in [6.45, 7) is 5.33. The Bertz CT molecular complexity index is 424. The van der Waals surface area contributed by atoms with Crippen LogP contribution in [0.2, 0.25) is 0 Å². The first-order chi connectivity index (χ1) is 9.67. The number of carbonyl (C=O) groups excluding carboxylic acids is 1. The maximum Gasteiger partial charge on any atom is 0.310 e. The van der Waals surface area contributed by atoms with Crippen LogP contribution in [0.1, 0.15) is 25.3 Å². The van der Waals surface area contributed by atoms with E-state index in [-0.39, 0.29) is 12.1 Å². The maximum absolute atomic E-state index is 11.9. The monoisotopic (exact) mass is 278 g/mol. The fourth-order valence-electron chi connectivity index (χ4n) is 2.70. The lowest BCUT2D eigenvalue weighted by Crippen LogP contribution is -3.11. The van der Waals surface area contributed by atoms with E-state index in [1.165, 1.54) is 25.9 Å². The third-order valence-electron chi connectivity index (χ3n) is 3.73. The van der Waals surface area contributed by atoms with Crippen molar-refractivity contribution in [3.8, 4) is 5.75 Å². The van der Waals surface area contributed by atoms with Crippen LogP contribution in [-0.2, 0) is 16.0 Å². The van der Waals surface area contributed by atoms with Gasteiger partial charge in [0.15, 0.2) is 0 Å². The third-order valence-corrected chi connectivity index (χ3v) is 3.73. The number of benzene rings is 1. The molecule has 0 aliphatic carbocycles. The second-order valence-electron chi connectivity index (χ2n) is 5.49. The Balaban J connectivity index is 1.75. The van der Waals surface area contributed by atoms with Gasteiger partial charge in [-0.3, -0.25) is 4.79 Å². The second-order valence-corrected chi connectivity index (χ2v) is 5.49. The number of rotatable bonds is 6. The lowest BCUT2D eigenvalue weighted by Gasteiger charge is -2.18. The number of methoxy groups -OCH3 is 1. The molecule has 1 aromatic rings. The molecule has 4 nitrogen and oxygen atoms in total. The molecule has 0 radical (unpaired) electrons. The molecule has 20 heavy (non-hydrogen) atoms. The lowest BCUT2D eigenvalue weighted by atomic mass is 10.1. The van der Waals surface area contributed by atoms with Crippen molar-refractivity contribution < 1.29 is 19.2 Å². The van der Waals surface area contributed by atoms with E-state index in [1.807, 2.05) is 31.2 Å². The highest BCUT2D eigenvalue weighted by Crippen LogP contribution is 2.12. The molecule has 0 aromatic heterocycles. The number of hydrogen-bond acceptors (Lipinski definition) is 3. The van der Waals surface area contributed by atoms with Gasteiger partial charge in [0.1, 0.15) is 18.4 Å². The van der Waals surface area contributed by atoms with Gasteiger partial charge in [-0.25, -0.2) is 0 Å². The molecule has 0 spiro atoms. The Morgan fingerprint density at radius 3 is 2.50 bits per heavy atom. The molecule has 1 unspecified atom stereocenters. The van der Waals surface area contributed by atoms with Crippen molar-refractivity contribution in [1.29, 1.82) is 0 Å². The molecule has 0 amide bonds. The predicted octanol–water partition coefficient (Wildman–Crippen LogP) is 0.848. The van der Waals surface area contributed by atoms with Crippen LogP contribution >= 0.6 is 0 Å². The van der Waals surface area contributed by atoms with Gasteiger partial charge in [0.2, 0.25) is 0 Å². The fourth-order valence-corrected chi connectivity index (χ4v) is 2.70. The van der Waals surface area contributed by atoms with Gasteiger partial charge >= 0.3 is 5.97 Å². The predicted molar refractivity (Wildman–Crippen MR) is 77.0 cm³/mol. The van der Waals surface area contributed by atoms with Crippen molar-refractivity contribution in [3.05, 3.63) is 29.8 Å². The molecular weight excluding hydrogens is 254 g/mol. The molecule has 1 N–H and O–H groups in total. The minimum Gasteiger partial charge on any atom is -0.497 e. The number of carbonyl (C=O) groups is 1. The zero-order valence-electron chi connectivity index (χ0n) is 12.4. The Labute approximate surface area is 120 Å². The van der Waals surface area contributed by atoms with Crippen molar-refractivity contribution >= 4 is 5.97 Å². The van der Waals surface area contributed by atoms with Gasteiger partial charge < -0.3 is 14.4 Å². The fraction of sp³-hybridized carbons (Fsp3) is 0.562. The van der Waals surface area contributed by atoms with Crippen LogP contribution < -0.4 is 9.64 Å². The molecule has 110 valence electrons. The molecular formula is C16H24NO3+. The van der Waals surface area contributed by atoms with E-state index in [0.717, 1.165) is 17.9 Å². The SMILES string of the molecule is COc1ccc(CC(=O)OC(C)C[NH+]2CCCC2)cc1. The maximum atomic E-state index is 11.9. The van der Waals surface area contributed by atoms with Crippen LogP contribution in [0, 0.1) is 0 Å². The van der Waals surface area contributed by atoms with Gasteiger partial charge in [-0.2, -0.15) is 0 Å². The smallest absolute Gasteiger partial charge is 0.310 e. The zero-order valence-corrected chi connectivity index (χ0v) is 12.4. The first-order valence-electron chi connectivity index (χ1n) is 7.33. The summed E-state index contributed by atoms with van der Waals surface area (Å²) < 4.78 is 10.6. The molecule has 1 atom stereocenters. The largest absolute Gasteiger partial charge is 0.497 e. The van der Waals surface area contributed by atoms with Gasteiger partial charge in [0.05, 0.1) is 26.6 Å². The second kappa shape index (κ2) is 7.29. The Morgan fingerprint density at radius 1 is 1.25 bits per heavy atom. The first-order valence-corrected chi connectivity index (χ1v) is 7.33. The summed E-state index contributed by atoms with van der Waals surface area (Å²) in [5.41, 5.74) is 0.955. The minimum absolute atomic E-state index is 0.00570. The number of likely N-dealkylation sites (tertiary alicyclic amines) is 1. The molecule has 1 aromatic carbocycles. The van der Waals surface area contributed by atoms with Crippen LogP contribution in [-0.4, -0.2) is 38.8 Å². The number of esters is 1. The van der Waals surface area contributed by atoms with E-state index in [2.05, 4.69) is 0 Å². The number of nitrogens with one attached hydrogen (secondary N) is 1. The van der Waals surface area contributed by atoms with Gasteiger partial charge in [-0.15, -0.1) is 0 Å². The number of ether oxygens (including phenoxy) is 2. The summed E-state index contributed by atoms with van der Waals surface area (Å²) in [7, 11) is 1.63. The molecule has 1 fully saturated rings. The van der Waals surface area contributed by atoms with E-state index in [9.17, 15) is 4.79 Å². The van der Waals surface area contributed by atoms with Crippen molar-refractivity contribution in [1.82, 2.24) is 0 Å². The summed E-state index contributed by atoms with van der Waals surface area (Å²) in [5.74, 6) is 0.648. The summed E-state index contributed by atoms with van der Waals surface area (Å²) in [6.07, 6.45) is 2.90. The van der Waals surface area contributed by atoms with E-state index in [1.54, 1.807) is 12.0 Å².